The lowest BCUT2D eigenvalue weighted by Gasteiger charge is -2.22. The van der Waals surface area contributed by atoms with E-state index in [1.54, 1.807) is 0 Å². The summed E-state index contributed by atoms with van der Waals surface area (Å²) in [7, 11) is -3.84. The third kappa shape index (κ3) is 3.10. The van der Waals surface area contributed by atoms with Gasteiger partial charge in [0.2, 0.25) is 15.9 Å². The van der Waals surface area contributed by atoms with Gasteiger partial charge in [-0.3, -0.25) is 4.79 Å². The van der Waals surface area contributed by atoms with Crippen molar-refractivity contribution in [3.8, 4) is 6.07 Å². The first-order valence-electron chi connectivity index (χ1n) is 5.94. The third-order valence-electron chi connectivity index (χ3n) is 2.95. The fourth-order valence-electron chi connectivity index (χ4n) is 1.89. The Bertz CT molecular complexity index is 682. The molecule has 0 saturated carbocycles. The molecule has 0 bridgehead atoms. The largest absolute Gasteiger partial charge is 0.355 e. The smallest absolute Gasteiger partial charge is 0.241 e. The fourth-order valence-corrected chi connectivity index (χ4v) is 3.44. The number of sulfonamides is 1. The molecule has 0 aliphatic carbocycles. The first kappa shape index (κ1) is 14.8. The number of benzene rings is 1. The van der Waals surface area contributed by atoms with Gasteiger partial charge in [-0.1, -0.05) is 11.6 Å². The molecule has 20 heavy (non-hydrogen) atoms. The Hall–Kier alpha value is -1.62. The minimum atomic E-state index is -3.84. The molecule has 1 heterocycles. The van der Waals surface area contributed by atoms with Crippen molar-refractivity contribution in [1.29, 1.82) is 5.26 Å². The molecular weight excluding hydrogens is 302 g/mol. The number of hydrogen-bond donors (Lipinski definition) is 2. The molecule has 1 aromatic carbocycles. The lowest BCUT2D eigenvalue weighted by atomic mass is 10.1. The highest BCUT2D eigenvalue weighted by atomic mass is 35.5. The number of nitriles is 1. The summed E-state index contributed by atoms with van der Waals surface area (Å²) >= 11 is 5.81. The molecule has 1 aliphatic rings. The fraction of sp³-hybridized carbons (Fsp3) is 0.333. The van der Waals surface area contributed by atoms with Gasteiger partial charge in [0.15, 0.2) is 0 Å². The van der Waals surface area contributed by atoms with E-state index in [1.807, 2.05) is 6.07 Å². The van der Waals surface area contributed by atoms with Crippen LogP contribution in [-0.2, 0) is 14.8 Å². The Morgan fingerprint density at radius 2 is 2.20 bits per heavy atom. The average Bonchev–Trinajstić information content (AvgIpc) is 2.41. The molecule has 1 amide bonds. The number of piperidine rings is 1. The van der Waals surface area contributed by atoms with Crippen LogP contribution in [0.1, 0.15) is 18.4 Å². The van der Waals surface area contributed by atoms with Crippen molar-refractivity contribution >= 4 is 27.5 Å². The van der Waals surface area contributed by atoms with Gasteiger partial charge in [-0.25, -0.2) is 8.42 Å². The van der Waals surface area contributed by atoms with E-state index in [1.165, 1.54) is 18.2 Å². The van der Waals surface area contributed by atoms with E-state index in [2.05, 4.69) is 10.0 Å². The zero-order chi connectivity index (χ0) is 14.8. The lowest BCUT2D eigenvalue weighted by molar-refractivity contribution is -0.124. The third-order valence-corrected chi connectivity index (χ3v) is 4.74. The van der Waals surface area contributed by atoms with E-state index in [4.69, 9.17) is 16.9 Å². The number of rotatable bonds is 3. The second-order valence-electron chi connectivity index (χ2n) is 4.36. The molecule has 0 radical (unpaired) electrons. The number of hydrogen-bond acceptors (Lipinski definition) is 4. The van der Waals surface area contributed by atoms with Crippen LogP contribution in [0.3, 0.4) is 0 Å². The number of nitrogens with zero attached hydrogens (tertiary/aromatic N) is 1. The van der Waals surface area contributed by atoms with Gasteiger partial charge in [0.1, 0.15) is 12.1 Å². The monoisotopic (exact) mass is 313 g/mol. The topological polar surface area (TPSA) is 99.1 Å². The zero-order valence-electron chi connectivity index (χ0n) is 10.4. The Labute approximate surface area is 121 Å². The number of halogens is 1. The first-order valence-corrected chi connectivity index (χ1v) is 7.80. The molecule has 0 spiro atoms. The predicted octanol–water partition coefficient (Wildman–Crippen LogP) is 0.769. The number of amides is 1. The van der Waals surface area contributed by atoms with Crippen molar-refractivity contribution in [1.82, 2.24) is 10.0 Å². The number of carbonyl (C=O) groups is 1. The highest BCUT2D eigenvalue weighted by Crippen LogP contribution is 2.20. The molecule has 1 fully saturated rings. The van der Waals surface area contributed by atoms with E-state index in [0.717, 1.165) is 0 Å². The highest BCUT2D eigenvalue weighted by Gasteiger charge is 2.27. The van der Waals surface area contributed by atoms with Crippen molar-refractivity contribution in [2.24, 2.45) is 0 Å². The van der Waals surface area contributed by atoms with E-state index in [9.17, 15) is 13.2 Å². The second-order valence-corrected chi connectivity index (χ2v) is 6.48. The number of nitrogens with one attached hydrogen (secondary N) is 2. The van der Waals surface area contributed by atoms with Gasteiger partial charge < -0.3 is 5.32 Å². The summed E-state index contributed by atoms with van der Waals surface area (Å²) in [5, 5.41) is 11.4. The Balaban J connectivity index is 2.24. The van der Waals surface area contributed by atoms with Crippen LogP contribution in [0.5, 0.6) is 0 Å². The van der Waals surface area contributed by atoms with Crippen LogP contribution < -0.4 is 10.0 Å². The van der Waals surface area contributed by atoms with Gasteiger partial charge in [0.05, 0.1) is 15.5 Å². The standard InChI is InChI=1S/C12H12ClN3O3S/c13-10-6-9(4-3-8(10)7-14)20(18,19)16-11-2-1-5-15-12(11)17/h3-4,6,11,16H,1-2,5H2,(H,15,17). The molecule has 2 N–H and O–H groups in total. The van der Waals surface area contributed by atoms with Gasteiger partial charge in [-0.2, -0.15) is 9.98 Å². The van der Waals surface area contributed by atoms with Crippen LogP contribution >= 0.6 is 11.6 Å². The molecule has 1 atom stereocenters. The van der Waals surface area contributed by atoms with E-state index in [-0.39, 0.29) is 21.4 Å². The SMILES string of the molecule is N#Cc1ccc(S(=O)(=O)NC2CCCNC2=O)cc1Cl. The quantitative estimate of drug-likeness (QED) is 0.861. The van der Waals surface area contributed by atoms with E-state index >= 15 is 0 Å². The maximum absolute atomic E-state index is 12.2. The van der Waals surface area contributed by atoms with Crippen LogP contribution in [0, 0.1) is 11.3 Å². The van der Waals surface area contributed by atoms with Gasteiger partial charge in [-0.05, 0) is 31.0 Å². The maximum atomic E-state index is 12.2. The van der Waals surface area contributed by atoms with E-state index in [0.29, 0.717) is 19.4 Å². The van der Waals surface area contributed by atoms with Crippen LogP contribution in [-0.4, -0.2) is 26.9 Å². The zero-order valence-corrected chi connectivity index (χ0v) is 12.0. The summed E-state index contributed by atoms with van der Waals surface area (Å²) in [5.74, 6) is -0.334. The van der Waals surface area contributed by atoms with Crippen LogP contribution in [0.25, 0.3) is 0 Å². The first-order chi connectivity index (χ1) is 9.44. The lowest BCUT2D eigenvalue weighted by Crippen LogP contribution is -2.50. The molecule has 8 heteroatoms. The predicted molar refractivity (Wildman–Crippen MR) is 72.5 cm³/mol. The van der Waals surface area contributed by atoms with Crippen molar-refractivity contribution in [2.45, 2.75) is 23.8 Å². The Morgan fingerprint density at radius 1 is 1.45 bits per heavy atom. The second kappa shape index (κ2) is 5.79. The van der Waals surface area contributed by atoms with Gasteiger partial charge in [0, 0.05) is 6.54 Å². The normalized spacial score (nSPS) is 19.2. The van der Waals surface area contributed by atoms with Gasteiger partial charge in [0.25, 0.3) is 0 Å². The Kier molecular flexibility index (Phi) is 4.28. The molecule has 2 rings (SSSR count). The van der Waals surface area contributed by atoms with Crippen LogP contribution in [0.15, 0.2) is 23.1 Å². The molecule has 1 saturated heterocycles. The molecule has 106 valence electrons. The molecule has 6 nitrogen and oxygen atoms in total. The summed E-state index contributed by atoms with van der Waals surface area (Å²) in [6, 6.07) is 4.89. The molecule has 1 aromatic rings. The molecule has 1 aliphatic heterocycles. The van der Waals surface area contributed by atoms with Crippen molar-refractivity contribution in [2.75, 3.05) is 6.54 Å². The summed E-state index contributed by atoms with van der Waals surface area (Å²) in [6.45, 7) is 0.555. The van der Waals surface area contributed by atoms with Gasteiger partial charge in [-0.15, -0.1) is 0 Å². The van der Waals surface area contributed by atoms with Crippen molar-refractivity contribution in [3.05, 3.63) is 28.8 Å². The van der Waals surface area contributed by atoms with Crippen molar-refractivity contribution < 1.29 is 13.2 Å². The Morgan fingerprint density at radius 3 is 2.80 bits per heavy atom. The van der Waals surface area contributed by atoms with Crippen LogP contribution in [0.2, 0.25) is 5.02 Å². The highest BCUT2D eigenvalue weighted by molar-refractivity contribution is 7.89. The molecular formula is C12H12ClN3O3S. The number of carbonyl (C=O) groups excluding carboxylic acids is 1. The average molecular weight is 314 g/mol. The summed E-state index contributed by atoms with van der Waals surface area (Å²) in [5.41, 5.74) is 0.195. The van der Waals surface area contributed by atoms with Gasteiger partial charge >= 0.3 is 0 Å². The molecule has 1 unspecified atom stereocenters. The summed E-state index contributed by atoms with van der Waals surface area (Å²) in [6.07, 6.45) is 1.17. The maximum Gasteiger partial charge on any atom is 0.241 e. The van der Waals surface area contributed by atoms with E-state index < -0.39 is 16.1 Å². The molecule has 0 aromatic heterocycles. The van der Waals surface area contributed by atoms with Crippen molar-refractivity contribution in [3.63, 3.8) is 0 Å². The summed E-state index contributed by atoms with van der Waals surface area (Å²) < 4.78 is 26.7. The minimum absolute atomic E-state index is 0.0588. The van der Waals surface area contributed by atoms with Crippen LogP contribution in [0.4, 0.5) is 0 Å². The minimum Gasteiger partial charge on any atom is -0.355 e. The summed E-state index contributed by atoms with van der Waals surface area (Å²) in [4.78, 5) is 11.5.